The summed E-state index contributed by atoms with van der Waals surface area (Å²) in [6.07, 6.45) is -1.18. The fourth-order valence-corrected chi connectivity index (χ4v) is 2.87. The first kappa shape index (κ1) is 20.1. The number of ether oxygens (including phenoxy) is 1. The van der Waals surface area contributed by atoms with Gasteiger partial charge in [0.05, 0.1) is 17.6 Å². The van der Waals surface area contributed by atoms with Crippen molar-refractivity contribution >= 4 is 34.4 Å². The Balaban J connectivity index is 1.59. The third-order valence-corrected chi connectivity index (χ3v) is 4.35. The zero-order valence-electron chi connectivity index (χ0n) is 16.0. The Morgan fingerprint density at radius 2 is 1.79 bits per heavy atom. The predicted molar refractivity (Wildman–Crippen MR) is 106 cm³/mol. The highest BCUT2D eigenvalue weighted by atomic mass is 16.5. The summed E-state index contributed by atoms with van der Waals surface area (Å²) in [7, 11) is 0. The van der Waals surface area contributed by atoms with Gasteiger partial charge >= 0.3 is 11.7 Å². The van der Waals surface area contributed by atoms with Crippen molar-refractivity contribution < 1.29 is 23.5 Å². The molecule has 0 spiro atoms. The molecule has 1 atom stereocenters. The Labute approximate surface area is 166 Å². The molecule has 0 aliphatic heterocycles. The number of carbonyl (C=O) groups excluding carboxylic acids is 3. The molecular formula is C21H20N2O6. The summed E-state index contributed by atoms with van der Waals surface area (Å²) in [5.41, 5.74) is 1.73. The van der Waals surface area contributed by atoms with Crippen molar-refractivity contribution in [3.8, 4) is 0 Å². The van der Waals surface area contributed by atoms with E-state index < -0.39 is 23.7 Å². The third kappa shape index (κ3) is 4.60. The van der Waals surface area contributed by atoms with Gasteiger partial charge in [-0.3, -0.25) is 19.0 Å². The quantitative estimate of drug-likeness (QED) is 0.486. The van der Waals surface area contributed by atoms with E-state index in [9.17, 15) is 19.2 Å². The summed E-state index contributed by atoms with van der Waals surface area (Å²) in [6, 6.07) is 13.5. The van der Waals surface area contributed by atoms with Crippen molar-refractivity contribution in [2.75, 3.05) is 5.32 Å². The van der Waals surface area contributed by atoms with Crippen LogP contribution in [-0.2, 0) is 20.9 Å². The third-order valence-electron chi connectivity index (χ3n) is 4.35. The first-order valence-electron chi connectivity index (χ1n) is 9.05. The molecule has 8 nitrogen and oxygen atoms in total. The monoisotopic (exact) mass is 396 g/mol. The van der Waals surface area contributed by atoms with Crippen molar-refractivity contribution in [3.05, 3.63) is 64.6 Å². The van der Waals surface area contributed by atoms with Gasteiger partial charge in [-0.05, 0) is 38.1 Å². The van der Waals surface area contributed by atoms with Crippen molar-refractivity contribution in [1.29, 1.82) is 0 Å². The minimum Gasteiger partial charge on any atom is -0.452 e. The molecule has 8 heteroatoms. The minimum absolute atomic E-state index is 0.0657. The van der Waals surface area contributed by atoms with Gasteiger partial charge in [-0.15, -0.1) is 0 Å². The van der Waals surface area contributed by atoms with E-state index in [1.807, 2.05) is 0 Å². The number of aryl methyl sites for hydroxylation is 1. The van der Waals surface area contributed by atoms with Crippen LogP contribution >= 0.6 is 0 Å². The maximum absolute atomic E-state index is 12.3. The number of nitrogens with one attached hydrogen (secondary N) is 1. The number of ketones is 1. The average molecular weight is 396 g/mol. The fourth-order valence-electron chi connectivity index (χ4n) is 2.87. The zero-order chi connectivity index (χ0) is 21.0. The van der Waals surface area contributed by atoms with E-state index in [-0.39, 0.29) is 18.7 Å². The number of nitrogens with zero attached hydrogens (tertiary/aromatic N) is 1. The number of anilines is 1. The van der Waals surface area contributed by atoms with Gasteiger partial charge in [0.25, 0.3) is 5.91 Å². The molecule has 0 aliphatic rings. The molecule has 150 valence electrons. The molecule has 0 saturated carbocycles. The number of amides is 1. The Bertz CT molecular complexity index is 1130. The molecule has 2 aromatic carbocycles. The second kappa shape index (κ2) is 8.55. The van der Waals surface area contributed by atoms with Gasteiger partial charge in [0.2, 0.25) is 0 Å². The lowest BCUT2D eigenvalue weighted by Crippen LogP contribution is -2.31. The largest absolute Gasteiger partial charge is 0.452 e. The molecule has 1 heterocycles. The van der Waals surface area contributed by atoms with Gasteiger partial charge < -0.3 is 14.5 Å². The number of hydrogen-bond donors (Lipinski definition) is 1. The Morgan fingerprint density at radius 3 is 2.55 bits per heavy atom. The average Bonchev–Trinajstić information content (AvgIpc) is 3.01. The number of hydrogen-bond acceptors (Lipinski definition) is 6. The van der Waals surface area contributed by atoms with E-state index in [0.717, 1.165) is 0 Å². The molecule has 0 fully saturated rings. The van der Waals surface area contributed by atoms with Gasteiger partial charge in [0.15, 0.2) is 17.5 Å². The predicted octanol–water partition coefficient (Wildman–Crippen LogP) is 2.76. The number of oxazole rings is 1. The molecule has 0 aliphatic carbocycles. The summed E-state index contributed by atoms with van der Waals surface area (Å²) in [5.74, 6) is -1.95. The summed E-state index contributed by atoms with van der Waals surface area (Å²) in [6.45, 7) is 2.90. The Kier molecular flexibility index (Phi) is 5.92. The SMILES string of the molecule is CC(=O)c1ccccc1NC(=O)[C@H](C)OC(=O)CCn1c(=O)oc2ccccc21. The van der Waals surface area contributed by atoms with Gasteiger partial charge in [-0.1, -0.05) is 24.3 Å². The van der Waals surface area contributed by atoms with E-state index in [4.69, 9.17) is 9.15 Å². The highest BCUT2D eigenvalue weighted by molar-refractivity contribution is 6.04. The zero-order valence-corrected chi connectivity index (χ0v) is 16.0. The molecular weight excluding hydrogens is 376 g/mol. The van der Waals surface area contributed by atoms with Crippen LogP contribution in [0.1, 0.15) is 30.6 Å². The smallest absolute Gasteiger partial charge is 0.419 e. The van der Waals surface area contributed by atoms with E-state index in [1.165, 1.54) is 18.4 Å². The van der Waals surface area contributed by atoms with Crippen LogP contribution in [-0.4, -0.2) is 28.3 Å². The van der Waals surface area contributed by atoms with Crippen LogP contribution in [0.5, 0.6) is 0 Å². The summed E-state index contributed by atoms with van der Waals surface area (Å²) >= 11 is 0. The van der Waals surface area contributed by atoms with Gasteiger partial charge in [0.1, 0.15) is 0 Å². The van der Waals surface area contributed by atoms with Crippen LogP contribution in [0.4, 0.5) is 5.69 Å². The van der Waals surface area contributed by atoms with E-state index in [0.29, 0.717) is 22.4 Å². The van der Waals surface area contributed by atoms with E-state index in [1.54, 1.807) is 48.5 Å². The van der Waals surface area contributed by atoms with Crippen molar-refractivity contribution in [2.24, 2.45) is 0 Å². The number of carbonyl (C=O) groups is 3. The first-order valence-corrected chi connectivity index (χ1v) is 9.05. The lowest BCUT2D eigenvalue weighted by atomic mass is 10.1. The number of fused-ring (bicyclic) bond motifs is 1. The topological polar surface area (TPSA) is 108 Å². The van der Waals surface area contributed by atoms with Gasteiger partial charge in [-0.25, -0.2) is 4.79 Å². The maximum Gasteiger partial charge on any atom is 0.419 e. The summed E-state index contributed by atoms with van der Waals surface area (Å²) < 4.78 is 11.6. The summed E-state index contributed by atoms with van der Waals surface area (Å²) in [5, 5.41) is 2.59. The highest BCUT2D eigenvalue weighted by Gasteiger charge is 2.20. The van der Waals surface area contributed by atoms with Crippen LogP contribution in [0, 0.1) is 0 Å². The minimum atomic E-state index is -1.07. The van der Waals surface area contributed by atoms with Crippen molar-refractivity contribution in [2.45, 2.75) is 32.9 Å². The molecule has 1 aromatic heterocycles. The summed E-state index contributed by atoms with van der Waals surface area (Å²) in [4.78, 5) is 48.0. The van der Waals surface area contributed by atoms with E-state index >= 15 is 0 Å². The fraction of sp³-hybridized carbons (Fsp3) is 0.238. The lowest BCUT2D eigenvalue weighted by Gasteiger charge is -2.15. The Morgan fingerprint density at radius 1 is 1.10 bits per heavy atom. The Hall–Kier alpha value is -3.68. The number of rotatable bonds is 7. The van der Waals surface area contributed by atoms with Gasteiger partial charge in [0, 0.05) is 12.1 Å². The molecule has 0 bridgehead atoms. The van der Waals surface area contributed by atoms with Crippen LogP contribution in [0.15, 0.2) is 57.7 Å². The molecule has 0 radical (unpaired) electrons. The molecule has 1 N–H and O–H groups in total. The van der Waals surface area contributed by atoms with Crippen LogP contribution in [0.3, 0.4) is 0 Å². The second-order valence-corrected chi connectivity index (χ2v) is 6.46. The first-order chi connectivity index (χ1) is 13.9. The van der Waals surface area contributed by atoms with Crippen LogP contribution in [0.25, 0.3) is 11.1 Å². The normalized spacial score (nSPS) is 11.8. The van der Waals surface area contributed by atoms with Crippen LogP contribution < -0.4 is 11.1 Å². The van der Waals surface area contributed by atoms with Gasteiger partial charge in [-0.2, -0.15) is 0 Å². The number of benzene rings is 2. The number of para-hydroxylation sites is 3. The lowest BCUT2D eigenvalue weighted by molar-refractivity contribution is -0.153. The van der Waals surface area contributed by atoms with Crippen molar-refractivity contribution in [3.63, 3.8) is 0 Å². The number of esters is 1. The highest BCUT2D eigenvalue weighted by Crippen LogP contribution is 2.16. The van der Waals surface area contributed by atoms with Crippen molar-refractivity contribution in [1.82, 2.24) is 4.57 Å². The molecule has 0 unspecified atom stereocenters. The molecule has 0 saturated heterocycles. The second-order valence-electron chi connectivity index (χ2n) is 6.46. The maximum atomic E-state index is 12.3. The molecule has 1 amide bonds. The molecule has 29 heavy (non-hydrogen) atoms. The number of Topliss-reactive ketones (excluding diaryl/α,β-unsaturated/α-hetero) is 1. The van der Waals surface area contributed by atoms with E-state index in [2.05, 4.69) is 5.32 Å². The van der Waals surface area contributed by atoms with Crippen LogP contribution in [0.2, 0.25) is 0 Å². The molecule has 3 rings (SSSR count). The standard InChI is InChI=1S/C21H20N2O6/c1-13(24)15-7-3-4-8-16(15)22-20(26)14(2)28-19(25)11-12-23-17-9-5-6-10-18(17)29-21(23)27/h3-10,14H,11-12H2,1-2H3,(H,22,26)/t14-/m0/s1. The molecule has 3 aromatic rings. The number of aromatic nitrogens is 1.